The van der Waals surface area contributed by atoms with Gasteiger partial charge in [0.05, 0.1) is 4.47 Å². The topological polar surface area (TPSA) is 38.3 Å². The second kappa shape index (κ2) is 9.04. The van der Waals surface area contributed by atoms with Crippen molar-refractivity contribution in [2.75, 3.05) is 19.8 Å². The molecule has 1 amide bonds. The fourth-order valence-corrected chi connectivity index (χ4v) is 1.84. The van der Waals surface area contributed by atoms with Crippen LogP contribution in [-0.2, 0) is 4.74 Å². The summed E-state index contributed by atoms with van der Waals surface area (Å²) < 4.78 is 18.7. The first-order chi connectivity index (χ1) is 9.15. The standard InChI is InChI=1S/C14H19BrFNO2/c1-2-3-8-19-9-4-7-17-14(18)11-5-6-13(16)12(15)10-11/h5-6,10H,2-4,7-9H2,1H3,(H,17,18). The van der Waals surface area contributed by atoms with Crippen molar-refractivity contribution in [1.82, 2.24) is 5.32 Å². The third-order valence-corrected chi connectivity index (χ3v) is 3.18. The van der Waals surface area contributed by atoms with Crippen molar-refractivity contribution in [2.24, 2.45) is 0 Å². The summed E-state index contributed by atoms with van der Waals surface area (Å²) in [6.07, 6.45) is 2.96. The molecule has 0 saturated carbocycles. The Morgan fingerprint density at radius 1 is 1.37 bits per heavy atom. The minimum atomic E-state index is -0.374. The van der Waals surface area contributed by atoms with Crippen molar-refractivity contribution in [3.8, 4) is 0 Å². The second-order valence-electron chi connectivity index (χ2n) is 4.20. The van der Waals surface area contributed by atoms with Crippen LogP contribution in [0.25, 0.3) is 0 Å². The van der Waals surface area contributed by atoms with Gasteiger partial charge in [-0.25, -0.2) is 4.39 Å². The van der Waals surface area contributed by atoms with Crippen molar-refractivity contribution in [3.63, 3.8) is 0 Å². The highest BCUT2D eigenvalue weighted by atomic mass is 79.9. The Kier molecular flexibility index (Phi) is 7.67. The number of benzene rings is 1. The number of carbonyl (C=O) groups excluding carboxylic acids is 1. The fraction of sp³-hybridized carbons (Fsp3) is 0.500. The first kappa shape index (κ1) is 16.1. The zero-order chi connectivity index (χ0) is 14.1. The Balaban J connectivity index is 2.22. The first-order valence-electron chi connectivity index (χ1n) is 6.46. The Morgan fingerprint density at radius 3 is 2.79 bits per heavy atom. The normalized spacial score (nSPS) is 10.5. The fourth-order valence-electron chi connectivity index (χ4n) is 1.46. The molecule has 1 aromatic rings. The van der Waals surface area contributed by atoms with Gasteiger partial charge in [-0.15, -0.1) is 0 Å². The van der Waals surface area contributed by atoms with Gasteiger partial charge in [0.15, 0.2) is 0 Å². The van der Waals surface area contributed by atoms with Crippen LogP contribution in [0.2, 0.25) is 0 Å². The summed E-state index contributed by atoms with van der Waals surface area (Å²) in [5.41, 5.74) is 0.445. The van der Waals surface area contributed by atoms with Crippen molar-refractivity contribution in [1.29, 1.82) is 0 Å². The minimum absolute atomic E-state index is 0.200. The average molecular weight is 332 g/mol. The number of amides is 1. The van der Waals surface area contributed by atoms with Gasteiger partial charge in [0.1, 0.15) is 5.82 Å². The number of carbonyl (C=O) groups is 1. The van der Waals surface area contributed by atoms with Gasteiger partial charge in [-0.3, -0.25) is 4.79 Å². The lowest BCUT2D eigenvalue weighted by atomic mass is 10.2. The molecule has 0 aliphatic rings. The van der Waals surface area contributed by atoms with E-state index in [1.807, 2.05) is 0 Å². The summed E-state index contributed by atoms with van der Waals surface area (Å²) in [5.74, 6) is -0.574. The van der Waals surface area contributed by atoms with Gasteiger partial charge >= 0.3 is 0 Å². The third kappa shape index (κ3) is 6.16. The van der Waals surface area contributed by atoms with Gasteiger partial charge in [-0.2, -0.15) is 0 Å². The molecule has 1 rings (SSSR count). The highest BCUT2D eigenvalue weighted by Gasteiger charge is 2.07. The van der Waals surface area contributed by atoms with Crippen LogP contribution in [0.1, 0.15) is 36.5 Å². The minimum Gasteiger partial charge on any atom is -0.381 e. The lowest BCUT2D eigenvalue weighted by Gasteiger charge is -2.06. The molecule has 19 heavy (non-hydrogen) atoms. The van der Waals surface area contributed by atoms with Crippen LogP contribution in [0.4, 0.5) is 4.39 Å². The Labute approximate surface area is 121 Å². The SMILES string of the molecule is CCCCOCCCNC(=O)c1ccc(F)c(Br)c1. The number of nitrogens with one attached hydrogen (secondary N) is 1. The first-order valence-corrected chi connectivity index (χ1v) is 7.25. The predicted octanol–water partition coefficient (Wildman–Crippen LogP) is 3.52. The van der Waals surface area contributed by atoms with Crippen molar-refractivity contribution >= 4 is 21.8 Å². The Bertz CT molecular complexity index is 412. The molecule has 0 aliphatic heterocycles. The van der Waals surface area contributed by atoms with Gasteiger partial charge < -0.3 is 10.1 Å². The van der Waals surface area contributed by atoms with Crippen LogP contribution >= 0.6 is 15.9 Å². The zero-order valence-corrected chi connectivity index (χ0v) is 12.6. The van der Waals surface area contributed by atoms with E-state index in [1.54, 1.807) is 0 Å². The van der Waals surface area contributed by atoms with Crippen molar-refractivity contribution in [3.05, 3.63) is 34.1 Å². The molecule has 0 heterocycles. The van der Waals surface area contributed by atoms with E-state index in [0.717, 1.165) is 25.9 Å². The Hall–Kier alpha value is -0.940. The molecule has 5 heteroatoms. The lowest BCUT2D eigenvalue weighted by Crippen LogP contribution is -2.25. The van der Waals surface area contributed by atoms with Crippen LogP contribution in [0.3, 0.4) is 0 Å². The summed E-state index contributed by atoms with van der Waals surface area (Å²) in [7, 11) is 0. The molecule has 0 saturated heterocycles. The lowest BCUT2D eigenvalue weighted by molar-refractivity contribution is 0.0940. The molecule has 0 atom stereocenters. The van der Waals surface area contributed by atoms with Crippen LogP contribution in [-0.4, -0.2) is 25.7 Å². The van der Waals surface area contributed by atoms with Gasteiger partial charge in [0.2, 0.25) is 0 Å². The molecule has 0 aromatic heterocycles. The largest absolute Gasteiger partial charge is 0.381 e. The smallest absolute Gasteiger partial charge is 0.251 e. The van der Waals surface area contributed by atoms with E-state index in [1.165, 1.54) is 18.2 Å². The molecule has 0 fully saturated rings. The summed E-state index contributed by atoms with van der Waals surface area (Å²) >= 11 is 3.06. The Morgan fingerprint density at radius 2 is 2.11 bits per heavy atom. The maximum absolute atomic E-state index is 13.0. The summed E-state index contributed by atoms with van der Waals surface area (Å²) in [6, 6.07) is 4.21. The molecule has 0 unspecified atom stereocenters. The van der Waals surface area contributed by atoms with E-state index in [9.17, 15) is 9.18 Å². The van der Waals surface area contributed by atoms with Crippen LogP contribution in [0.15, 0.2) is 22.7 Å². The molecule has 0 radical (unpaired) electrons. The monoisotopic (exact) mass is 331 g/mol. The van der Waals surface area contributed by atoms with Crippen LogP contribution < -0.4 is 5.32 Å². The maximum Gasteiger partial charge on any atom is 0.251 e. The summed E-state index contributed by atoms with van der Waals surface area (Å²) in [6.45, 7) is 4.09. The third-order valence-electron chi connectivity index (χ3n) is 2.58. The van der Waals surface area contributed by atoms with Gasteiger partial charge in [0, 0.05) is 25.3 Å². The molecular formula is C14H19BrFNO2. The van der Waals surface area contributed by atoms with Crippen LogP contribution in [0.5, 0.6) is 0 Å². The van der Waals surface area contributed by atoms with E-state index in [-0.39, 0.29) is 11.7 Å². The summed E-state index contributed by atoms with van der Waals surface area (Å²) in [5, 5.41) is 2.77. The van der Waals surface area contributed by atoms with E-state index >= 15 is 0 Å². The number of unbranched alkanes of at least 4 members (excludes halogenated alkanes) is 1. The number of rotatable bonds is 8. The predicted molar refractivity (Wildman–Crippen MR) is 76.8 cm³/mol. The number of ether oxygens (including phenoxy) is 1. The van der Waals surface area contributed by atoms with E-state index < -0.39 is 0 Å². The van der Waals surface area contributed by atoms with Gasteiger partial charge in [-0.1, -0.05) is 13.3 Å². The van der Waals surface area contributed by atoms with E-state index in [4.69, 9.17) is 4.74 Å². The molecule has 106 valence electrons. The molecule has 1 aromatic carbocycles. The van der Waals surface area contributed by atoms with Gasteiger partial charge in [-0.05, 0) is 47.0 Å². The van der Waals surface area contributed by atoms with E-state index in [2.05, 4.69) is 28.2 Å². The number of hydrogen-bond acceptors (Lipinski definition) is 2. The molecule has 1 N–H and O–H groups in total. The van der Waals surface area contributed by atoms with Crippen molar-refractivity contribution < 1.29 is 13.9 Å². The number of hydrogen-bond donors (Lipinski definition) is 1. The number of halogens is 2. The molecule has 0 aliphatic carbocycles. The molecule has 0 bridgehead atoms. The molecular weight excluding hydrogens is 313 g/mol. The highest BCUT2D eigenvalue weighted by Crippen LogP contribution is 2.16. The van der Waals surface area contributed by atoms with Crippen LogP contribution in [0, 0.1) is 5.82 Å². The average Bonchev–Trinajstić information content (AvgIpc) is 2.40. The highest BCUT2D eigenvalue weighted by molar-refractivity contribution is 9.10. The zero-order valence-electron chi connectivity index (χ0n) is 11.0. The quantitative estimate of drug-likeness (QED) is 0.740. The summed E-state index contributed by atoms with van der Waals surface area (Å²) in [4.78, 5) is 11.7. The van der Waals surface area contributed by atoms with Crippen molar-refractivity contribution in [2.45, 2.75) is 26.2 Å². The second-order valence-corrected chi connectivity index (χ2v) is 5.06. The maximum atomic E-state index is 13.0. The molecule has 3 nitrogen and oxygen atoms in total. The molecule has 0 spiro atoms. The van der Waals surface area contributed by atoms with Gasteiger partial charge in [0.25, 0.3) is 5.91 Å². The van der Waals surface area contributed by atoms with E-state index in [0.29, 0.717) is 23.2 Å².